The lowest BCUT2D eigenvalue weighted by Crippen LogP contribution is -2.48. The number of ketones is 1. The van der Waals surface area contributed by atoms with Crippen molar-refractivity contribution in [3.05, 3.63) is 70.3 Å². The van der Waals surface area contributed by atoms with Gasteiger partial charge in [-0.3, -0.25) is 9.59 Å². The number of amides is 1. The zero-order valence-electron chi connectivity index (χ0n) is 19.0. The molecule has 0 aliphatic carbocycles. The van der Waals surface area contributed by atoms with Crippen LogP contribution in [-0.2, 0) is 4.79 Å². The first-order valence-electron chi connectivity index (χ1n) is 11.1. The van der Waals surface area contributed by atoms with Crippen LogP contribution in [0.25, 0.3) is 6.08 Å². The molecule has 3 rings (SSSR count). The summed E-state index contributed by atoms with van der Waals surface area (Å²) in [4.78, 5) is 27.3. The molecular weight excluding hydrogens is 454 g/mol. The number of aliphatic hydroxyl groups is 1. The number of likely N-dealkylation sites (tertiary alicyclic amines) is 1. The topological polar surface area (TPSA) is 103 Å². The van der Waals surface area contributed by atoms with Crippen LogP contribution in [0, 0.1) is 17.2 Å². The van der Waals surface area contributed by atoms with Crippen LogP contribution < -0.4 is 10.1 Å². The molecule has 2 aromatic carbocycles. The molecule has 0 radical (unpaired) electrons. The minimum atomic E-state index is -0.437. The summed E-state index contributed by atoms with van der Waals surface area (Å²) in [6.07, 6.45) is 4.39. The van der Waals surface area contributed by atoms with E-state index in [-0.39, 0.29) is 24.2 Å². The van der Waals surface area contributed by atoms with E-state index in [0.29, 0.717) is 47.1 Å². The van der Waals surface area contributed by atoms with E-state index in [9.17, 15) is 14.7 Å². The summed E-state index contributed by atoms with van der Waals surface area (Å²) in [6.45, 7) is 1.72. The Morgan fingerprint density at radius 2 is 1.97 bits per heavy atom. The summed E-state index contributed by atoms with van der Waals surface area (Å²) in [5, 5.41) is 22.3. The minimum Gasteiger partial charge on any atom is -0.496 e. The molecule has 1 heterocycles. The number of hydrogen-bond acceptors (Lipinski definition) is 6. The van der Waals surface area contributed by atoms with E-state index in [1.54, 1.807) is 48.5 Å². The summed E-state index contributed by atoms with van der Waals surface area (Å²) >= 11 is 5.91. The highest BCUT2D eigenvalue weighted by Gasteiger charge is 2.27. The number of carbonyl (C=O) groups excluding carboxylic acids is 2. The highest BCUT2D eigenvalue weighted by atomic mass is 35.5. The van der Waals surface area contributed by atoms with Crippen molar-refractivity contribution in [1.82, 2.24) is 10.2 Å². The van der Waals surface area contributed by atoms with Crippen molar-refractivity contribution in [2.45, 2.75) is 18.9 Å². The Balaban J connectivity index is 1.51. The molecule has 0 aromatic heterocycles. The van der Waals surface area contributed by atoms with Crippen molar-refractivity contribution < 1.29 is 19.4 Å². The Labute approximate surface area is 204 Å². The molecule has 0 saturated carbocycles. The number of nitrogens with one attached hydrogen (secondary N) is 1. The average Bonchev–Trinajstić information content (AvgIpc) is 2.87. The van der Waals surface area contributed by atoms with Gasteiger partial charge in [-0.2, -0.15) is 5.26 Å². The fourth-order valence-corrected chi connectivity index (χ4v) is 4.16. The number of aliphatic hydroxyl groups excluding tert-OH is 1. The van der Waals surface area contributed by atoms with Crippen LogP contribution in [0.1, 0.15) is 34.3 Å². The minimum absolute atomic E-state index is 0.0401. The second-order valence-corrected chi connectivity index (χ2v) is 8.67. The van der Waals surface area contributed by atoms with Gasteiger partial charge in [0.25, 0.3) is 0 Å². The van der Waals surface area contributed by atoms with Crippen LogP contribution in [0.2, 0.25) is 5.02 Å². The summed E-state index contributed by atoms with van der Waals surface area (Å²) < 4.78 is 5.27. The summed E-state index contributed by atoms with van der Waals surface area (Å²) in [5.74, 6) is 0.292. The van der Waals surface area contributed by atoms with Crippen LogP contribution in [0.4, 0.5) is 0 Å². The molecular formula is C26H28ClN3O4. The molecule has 1 saturated heterocycles. The van der Waals surface area contributed by atoms with Crippen LogP contribution in [0.3, 0.4) is 0 Å². The van der Waals surface area contributed by atoms with Gasteiger partial charge in [0.15, 0.2) is 5.78 Å². The monoisotopic (exact) mass is 481 g/mol. The number of hydrogen-bond donors (Lipinski definition) is 2. The number of nitriles is 1. The first kappa shape index (κ1) is 25.4. The SMILES string of the molecule is COc1ccc(C#N)cc1/C=C/C(=O)NC(CO)CN1CCC(C(=O)c2ccc(Cl)cc2)CC1. The fourth-order valence-electron chi connectivity index (χ4n) is 4.04. The van der Waals surface area contributed by atoms with Crippen LogP contribution in [0.15, 0.2) is 48.5 Å². The molecule has 0 spiro atoms. The van der Waals surface area contributed by atoms with Gasteiger partial charge in [0.1, 0.15) is 5.75 Å². The van der Waals surface area contributed by atoms with Gasteiger partial charge >= 0.3 is 0 Å². The fraction of sp³-hybridized carbons (Fsp3) is 0.346. The number of Topliss-reactive ketones (excluding diaryl/α,β-unsaturated/α-hetero) is 1. The van der Waals surface area contributed by atoms with E-state index >= 15 is 0 Å². The lowest BCUT2D eigenvalue weighted by atomic mass is 9.89. The zero-order chi connectivity index (χ0) is 24.5. The summed E-state index contributed by atoms with van der Waals surface area (Å²) in [6, 6.07) is 13.5. The van der Waals surface area contributed by atoms with E-state index < -0.39 is 6.04 Å². The van der Waals surface area contributed by atoms with E-state index in [2.05, 4.69) is 16.3 Å². The molecule has 1 unspecified atom stereocenters. The molecule has 178 valence electrons. The second kappa shape index (κ2) is 12.3. The lowest BCUT2D eigenvalue weighted by molar-refractivity contribution is -0.117. The Kier molecular flexibility index (Phi) is 9.23. The third kappa shape index (κ3) is 6.91. The predicted octanol–water partition coefficient (Wildman–Crippen LogP) is 3.31. The molecule has 1 aliphatic heterocycles. The maximum absolute atomic E-state index is 12.7. The Morgan fingerprint density at radius 3 is 2.59 bits per heavy atom. The molecule has 0 bridgehead atoms. The quantitative estimate of drug-likeness (QED) is 0.421. The number of carbonyl (C=O) groups is 2. The first-order valence-corrected chi connectivity index (χ1v) is 11.5. The molecule has 1 amide bonds. The van der Waals surface area contributed by atoms with Crippen molar-refractivity contribution in [2.24, 2.45) is 5.92 Å². The van der Waals surface area contributed by atoms with Gasteiger partial charge in [-0.25, -0.2) is 0 Å². The Bertz CT molecular complexity index is 1070. The molecule has 1 aliphatic rings. The largest absolute Gasteiger partial charge is 0.496 e. The number of benzene rings is 2. The number of piperidine rings is 1. The first-order chi connectivity index (χ1) is 16.4. The number of rotatable bonds is 9. The molecule has 2 aromatic rings. The van der Waals surface area contributed by atoms with Crippen LogP contribution >= 0.6 is 11.6 Å². The van der Waals surface area contributed by atoms with Crippen molar-refractivity contribution in [3.8, 4) is 11.8 Å². The molecule has 1 fully saturated rings. The molecule has 34 heavy (non-hydrogen) atoms. The Hall–Kier alpha value is -3.18. The highest BCUT2D eigenvalue weighted by molar-refractivity contribution is 6.30. The maximum Gasteiger partial charge on any atom is 0.244 e. The normalized spacial score (nSPS) is 15.6. The van der Waals surface area contributed by atoms with E-state index in [1.165, 1.54) is 13.2 Å². The molecule has 7 nitrogen and oxygen atoms in total. The zero-order valence-corrected chi connectivity index (χ0v) is 19.8. The second-order valence-electron chi connectivity index (χ2n) is 8.24. The van der Waals surface area contributed by atoms with Gasteiger partial charge in [-0.15, -0.1) is 0 Å². The van der Waals surface area contributed by atoms with Crippen molar-refractivity contribution in [1.29, 1.82) is 5.26 Å². The number of ether oxygens (including phenoxy) is 1. The average molecular weight is 482 g/mol. The standard InChI is InChI=1S/C26H28ClN3O4/c1-34-24-8-2-18(15-28)14-21(24)5-9-25(32)29-23(17-31)16-30-12-10-20(11-13-30)26(33)19-3-6-22(27)7-4-19/h2-9,14,20,23,31H,10-13,16-17H2,1H3,(H,29,32)/b9-5+. The van der Waals surface area contributed by atoms with Gasteiger partial charge in [-0.05, 0) is 74.5 Å². The van der Waals surface area contributed by atoms with Gasteiger partial charge < -0.3 is 20.1 Å². The van der Waals surface area contributed by atoms with Crippen molar-refractivity contribution >= 4 is 29.4 Å². The molecule has 1 atom stereocenters. The third-order valence-corrected chi connectivity index (χ3v) is 6.16. The highest BCUT2D eigenvalue weighted by Crippen LogP contribution is 2.23. The number of nitrogens with zero attached hydrogens (tertiary/aromatic N) is 2. The van der Waals surface area contributed by atoms with E-state index in [4.69, 9.17) is 21.6 Å². The van der Waals surface area contributed by atoms with Crippen molar-refractivity contribution in [3.63, 3.8) is 0 Å². The van der Waals surface area contributed by atoms with Gasteiger partial charge in [0, 0.05) is 34.7 Å². The van der Waals surface area contributed by atoms with Gasteiger partial charge in [-0.1, -0.05) is 11.6 Å². The number of methoxy groups -OCH3 is 1. The molecule has 8 heteroatoms. The Morgan fingerprint density at radius 1 is 1.26 bits per heavy atom. The third-order valence-electron chi connectivity index (χ3n) is 5.91. The predicted molar refractivity (Wildman–Crippen MR) is 131 cm³/mol. The summed E-state index contributed by atoms with van der Waals surface area (Å²) in [7, 11) is 1.52. The lowest BCUT2D eigenvalue weighted by Gasteiger charge is -2.33. The summed E-state index contributed by atoms with van der Waals surface area (Å²) in [5.41, 5.74) is 1.75. The van der Waals surface area contributed by atoms with Gasteiger partial charge in [0.2, 0.25) is 5.91 Å². The van der Waals surface area contributed by atoms with Crippen LogP contribution in [-0.4, -0.2) is 61.1 Å². The maximum atomic E-state index is 12.7. The smallest absolute Gasteiger partial charge is 0.244 e. The van der Waals surface area contributed by atoms with Crippen LogP contribution in [0.5, 0.6) is 5.75 Å². The van der Waals surface area contributed by atoms with E-state index in [1.807, 2.05) is 0 Å². The van der Waals surface area contributed by atoms with E-state index in [0.717, 1.165) is 12.8 Å². The number of halogens is 1. The van der Waals surface area contributed by atoms with Crippen molar-refractivity contribution in [2.75, 3.05) is 33.4 Å². The van der Waals surface area contributed by atoms with Gasteiger partial charge in [0.05, 0.1) is 31.4 Å². The molecule has 2 N–H and O–H groups in total.